The summed E-state index contributed by atoms with van der Waals surface area (Å²) in [5.74, 6) is 0.169. The molecular weight excluding hydrogens is 282 g/mol. The van der Waals surface area contributed by atoms with Gasteiger partial charge in [-0.3, -0.25) is 4.79 Å². The van der Waals surface area contributed by atoms with Crippen molar-refractivity contribution in [2.24, 2.45) is 5.92 Å². The second-order valence-corrected chi connectivity index (χ2v) is 7.35. The zero-order valence-corrected chi connectivity index (χ0v) is 13.4. The number of aliphatic hydroxyl groups excluding tert-OH is 1. The molecule has 5 nitrogen and oxygen atoms in total. The van der Waals surface area contributed by atoms with Crippen LogP contribution in [-0.4, -0.2) is 58.5 Å². The largest absolute Gasteiger partial charge is 0.393 e. The Hall–Kier alpha value is -0.650. The van der Waals surface area contributed by atoms with Gasteiger partial charge in [0.05, 0.1) is 37.4 Å². The van der Waals surface area contributed by atoms with Crippen LogP contribution in [-0.2, 0) is 9.53 Å². The number of rotatable bonds is 3. The van der Waals surface area contributed by atoms with E-state index in [0.717, 1.165) is 51.4 Å². The van der Waals surface area contributed by atoms with E-state index < -0.39 is 5.60 Å². The third-order valence-corrected chi connectivity index (χ3v) is 5.78. The van der Waals surface area contributed by atoms with E-state index in [1.54, 1.807) is 0 Å². The minimum Gasteiger partial charge on any atom is -0.393 e. The second kappa shape index (κ2) is 6.85. The lowest BCUT2D eigenvalue weighted by Crippen LogP contribution is -2.55. The van der Waals surface area contributed by atoms with E-state index in [1.807, 2.05) is 4.90 Å². The average Bonchev–Trinajstić information content (AvgIpc) is 2.93. The molecule has 3 aliphatic rings. The van der Waals surface area contributed by atoms with Crippen LogP contribution in [0.25, 0.3) is 0 Å². The van der Waals surface area contributed by atoms with E-state index in [9.17, 15) is 15.0 Å². The smallest absolute Gasteiger partial charge is 0.225 e. The number of amides is 1. The average molecular weight is 311 g/mol. The van der Waals surface area contributed by atoms with E-state index in [0.29, 0.717) is 19.8 Å². The predicted octanol–water partition coefficient (Wildman–Crippen LogP) is 1.46. The van der Waals surface area contributed by atoms with Crippen molar-refractivity contribution in [2.75, 3.05) is 19.8 Å². The van der Waals surface area contributed by atoms with Crippen LogP contribution in [0.2, 0.25) is 0 Å². The standard InChI is InChI=1S/C17H29NO4/c19-15-6-4-5-13(15)14-12-22-10-9-18(14)16(20)11-17(21)7-2-1-3-8-17/h13-15,19,21H,1-12H2/t13-,14+,15+/m0/s1. The Morgan fingerprint density at radius 1 is 1.18 bits per heavy atom. The Kier molecular flexibility index (Phi) is 5.05. The number of hydrogen-bond donors (Lipinski definition) is 2. The van der Waals surface area contributed by atoms with Crippen LogP contribution in [0.1, 0.15) is 57.8 Å². The first kappa shape index (κ1) is 16.2. The fraction of sp³-hybridized carbons (Fsp3) is 0.941. The molecular formula is C17H29NO4. The van der Waals surface area contributed by atoms with Gasteiger partial charge < -0.3 is 19.8 Å². The summed E-state index contributed by atoms with van der Waals surface area (Å²) in [5.41, 5.74) is -0.813. The first-order chi connectivity index (χ1) is 10.6. The number of carbonyl (C=O) groups excluding carboxylic acids is 1. The molecule has 1 saturated heterocycles. The third-order valence-electron chi connectivity index (χ3n) is 5.78. The van der Waals surface area contributed by atoms with E-state index in [-0.39, 0.29) is 30.4 Å². The highest BCUT2D eigenvalue weighted by Gasteiger charge is 2.41. The van der Waals surface area contributed by atoms with Crippen LogP contribution in [0.5, 0.6) is 0 Å². The van der Waals surface area contributed by atoms with Gasteiger partial charge in [0.1, 0.15) is 0 Å². The van der Waals surface area contributed by atoms with E-state index in [1.165, 1.54) is 0 Å². The summed E-state index contributed by atoms with van der Waals surface area (Å²) >= 11 is 0. The lowest BCUT2D eigenvalue weighted by Gasteiger charge is -2.42. The van der Waals surface area contributed by atoms with Gasteiger partial charge in [-0.1, -0.05) is 25.7 Å². The van der Waals surface area contributed by atoms with Gasteiger partial charge in [0.25, 0.3) is 0 Å². The van der Waals surface area contributed by atoms with Crippen LogP contribution in [0.3, 0.4) is 0 Å². The predicted molar refractivity (Wildman–Crippen MR) is 82.3 cm³/mol. The van der Waals surface area contributed by atoms with Crippen molar-refractivity contribution >= 4 is 5.91 Å². The highest BCUT2D eigenvalue weighted by molar-refractivity contribution is 5.77. The SMILES string of the molecule is O=C(CC1(O)CCCCC1)N1CCOC[C@@H]1[C@@H]1CCC[C@H]1O. The number of aliphatic hydroxyl groups is 2. The molecule has 2 N–H and O–H groups in total. The molecule has 0 spiro atoms. The second-order valence-electron chi connectivity index (χ2n) is 7.35. The lowest BCUT2D eigenvalue weighted by molar-refractivity contribution is -0.150. The summed E-state index contributed by atoms with van der Waals surface area (Å²) in [7, 11) is 0. The molecule has 0 aromatic rings. The van der Waals surface area contributed by atoms with E-state index in [4.69, 9.17) is 4.74 Å². The molecule has 5 heteroatoms. The van der Waals surface area contributed by atoms with Gasteiger partial charge in [-0.15, -0.1) is 0 Å². The van der Waals surface area contributed by atoms with E-state index in [2.05, 4.69) is 0 Å². The third kappa shape index (κ3) is 3.47. The van der Waals surface area contributed by atoms with Gasteiger partial charge in [-0.05, 0) is 25.7 Å². The van der Waals surface area contributed by atoms with Crippen LogP contribution >= 0.6 is 0 Å². The normalized spacial score (nSPS) is 35.5. The lowest BCUT2D eigenvalue weighted by atomic mass is 9.82. The molecule has 126 valence electrons. The summed E-state index contributed by atoms with van der Waals surface area (Å²) in [5, 5.41) is 20.8. The molecule has 3 fully saturated rings. The first-order valence-corrected chi connectivity index (χ1v) is 8.87. The quantitative estimate of drug-likeness (QED) is 0.828. The molecule has 1 heterocycles. The molecule has 0 radical (unpaired) electrons. The van der Waals surface area contributed by atoms with Gasteiger partial charge in [-0.2, -0.15) is 0 Å². The molecule has 22 heavy (non-hydrogen) atoms. The summed E-state index contributed by atoms with van der Waals surface area (Å²) < 4.78 is 5.57. The molecule has 0 aromatic carbocycles. The topological polar surface area (TPSA) is 70.0 Å². The van der Waals surface area contributed by atoms with Gasteiger partial charge in [0.2, 0.25) is 5.91 Å². The van der Waals surface area contributed by atoms with Crippen molar-refractivity contribution in [3.05, 3.63) is 0 Å². The number of carbonyl (C=O) groups is 1. The minimum atomic E-state index is -0.813. The Morgan fingerprint density at radius 3 is 2.64 bits per heavy atom. The molecule has 0 bridgehead atoms. The minimum absolute atomic E-state index is 0.0223. The molecule has 0 aromatic heterocycles. The van der Waals surface area contributed by atoms with Crippen molar-refractivity contribution in [3.63, 3.8) is 0 Å². The van der Waals surface area contributed by atoms with Gasteiger partial charge in [0.15, 0.2) is 0 Å². The summed E-state index contributed by atoms with van der Waals surface area (Å²) in [6.45, 7) is 1.66. The van der Waals surface area contributed by atoms with Crippen LogP contribution in [0, 0.1) is 5.92 Å². The number of hydrogen-bond acceptors (Lipinski definition) is 4. The molecule has 2 saturated carbocycles. The number of nitrogens with zero attached hydrogens (tertiary/aromatic N) is 1. The van der Waals surface area contributed by atoms with Gasteiger partial charge in [0, 0.05) is 12.5 Å². The summed E-state index contributed by atoms with van der Waals surface area (Å²) in [4.78, 5) is 14.7. The molecule has 0 unspecified atom stereocenters. The Bertz CT molecular complexity index is 394. The highest BCUT2D eigenvalue weighted by atomic mass is 16.5. The van der Waals surface area contributed by atoms with E-state index >= 15 is 0 Å². The van der Waals surface area contributed by atoms with Crippen molar-refractivity contribution < 1.29 is 19.7 Å². The Morgan fingerprint density at radius 2 is 1.95 bits per heavy atom. The number of ether oxygens (including phenoxy) is 1. The maximum atomic E-state index is 12.8. The van der Waals surface area contributed by atoms with Crippen molar-refractivity contribution in [2.45, 2.75) is 75.5 Å². The Labute approximate surface area is 132 Å². The molecule has 1 amide bonds. The maximum Gasteiger partial charge on any atom is 0.225 e. The summed E-state index contributed by atoms with van der Waals surface area (Å²) in [6.07, 6.45) is 7.37. The monoisotopic (exact) mass is 311 g/mol. The fourth-order valence-electron chi connectivity index (χ4n) is 4.47. The van der Waals surface area contributed by atoms with Crippen molar-refractivity contribution in [3.8, 4) is 0 Å². The van der Waals surface area contributed by atoms with Crippen LogP contribution in [0.4, 0.5) is 0 Å². The van der Waals surface area contributed by atoms with Crippen LogP contribution in [0.15, 0.2) is 0 Å². The molecule has 1 aliphatic heterocycles. The summed E-state index contributed by atoms with van der Waals surface area (Å²) in [6, 6.07) is -0.0223. The fourth-order valence-corrected chi connectivity index (χ4v) is 4.47. The zero-order chi connectivity index (χ0) is 15.6. The molecule has 3 rings (SSSR count). The zero-order valence-electron chi connectivity index (χ0n) is 13.4. The van der Waals surface area contributed by atoms with Gasteiger partial charge in [-0.25, -0.2) is 0 Å². The molecule has 3 atom stereocenters. The first-order valence-electron chi connectivity index (χ1n) is 8.87. The van der Waals surface area contributed by atoms with Crippen LogP contribution < -0.4 is 0 Å². The van der Waals surface area contributed by atoms with Crippen molar-refractivity contribution in [1.82, 2.24) is 4.90 Å². The van der Waals surface area contributed by atoms with Crippen molar-refractivity contribution in [1.29, 1.82) is 0 Å². The number of morpholine rings is 1. The maximum absolute atomic E-state index is 12.8. The van der Waals surface area contributed by atoms with Gasteiger partial charge >= 0.3 is 0 Å². The highest BCUT2D eigenvalue weighted by Crippen LogP contribution is 2.35. The molecule has 2 aliphatic carbocycles. The Balaban J connectivity index is 1.66.